The van der Waals surface area contributed by atoms with E-state index in [1.54, 1.807) is 6.07 Å². The number of hydrogen-bond acceptors (Lipinski definition) is 7. The quantitative estimate of drug-likeness (QED) is 0.665. The summed E-state index contributed by atoms with van der Waals surface area (Å²) in [6.07, 6.45) is -0.119. The first kappa shape index (κ1) is 21.3. The monoisotopic (exact) mass is 438 g/mol. The number of urea groups is 1. The number of halogens is 2. The third-order valence-electron chi connectivity index (χ3n) is 4.22. The minimum atomic E-state index is -0.355. The first-order valence-electron chi connectivity index (χ1n) is 8.96. The van der Waals surface area contributed by atoms with E-state index in [-0.39, 0.29) is 25.2 Å². The number of carbonyl (C=O) groups excluding carboxylic acids is 1. The molecule has 0 bridgehead atoms. The van der Waals surface area contributed by atoms with Gasteiger partial charge in [0, 0.05) is 26.2 Å². The molecule has 2 amide bonds. The summed E-state index contributed by atoms with van der Waals surface area (Å²) in [5.41, 5.74) is 1.07. The van der Waals surface area contributed by atoms with Gasteiger partial charge < -0.3 is 15.4 Å². The fraction of sp³-hybridized carbons (Fsp3) is 0.471. The maximum atomic E-state index is 12.0. The predicted molar refractivity (Wildman–Crippen MR) is 105 cm³/mol. The van der Waals surface area contributed by atoms with Gasteiger partial charge >= 0.3 is 6.03 Å². The SMILES string of the molecule is N#CCn1nnc(CNC(=O)NC[C@H]2CN(Cc3ccc(Cl)c(Cl)c3)CCO2)n1. The minimum Gasteiger partial charge on any atom is -0.374 e. The number of tetrazole rings is 1. The van der Waals surface area contributed by atoms with Crippen LogP contribution in [0, 0.1) is 11.3 Å². The van der Waals surface area contributed by atoms with Crippen LogP contribution in [-0.4, -0.2) is 63.5 Å². The number of amides is 2. The second-order valence-electron chi connectivity index (χ2n) is 6.43. The molecule has 10 nitrogen and oxygen atoms in total. The Labute approximate surface area is 177 Å². The second kappa shape index (κ2) is 10.4. The Bertz CT molecular complexity index is 885. The van der Waals surface area contributed by atoms with E-state index < -0.39 is 0 Å². The normalized spacial score (nSPS) is 16.9. The van der Waals surface area contributed by atoms with E-state index in [4.69, 9.17) is 33.2 Å². The predicted octanol–water partition coefficient (Wildman–Crippen LogP) is 1.20. The molecule has 1 aromatic carbocycles. The number of nitriles is 1. The van der Waals surface area contributed by atoms with Gasteiger partial charge in [0.2, 0.25) is 0 Å². The minimum absolute atomic E-state index is 0.0109. The molecular weight excluding hydrogens is 419 g/mol. The molecule has 0 aliphatic carbocycles. The standard InChI is InChI=1S/C17H20Cl2N8O2/c18-14-2-1-12(7-15(14)19)10-26-5-6-29-13(11-26)8-21-17(28)22-9-16-23-25-27(24-16)4-3-20/h1-2,7,13H,4-6,8-11H2,(H2,21,22,28)/t13-/m0/s1. The lowest BCUT2D eigenvalue weighted by molar-refractivity contribution is -0.0287. The molecule has 2 aromatic rings. The van der Waals surface area contributed by atoms with Crippen molar-refractivity contribution in [2.45, 2.75) is 25.7 Å². The van der Waals surface area contributed by atoms with Gasteiger partial charge in [0.15, 0.2) is 5.82 Å². The molecule has 1 atom stereocenters. The Morgan fingerprint density at radius 3 is 3.00 bits per heavy atom. The highest BCUT2D eigenvalue weighted by Crippen LogP contribution is 2.23. The number of rotatable bonds is 7. The third kappa shape index (κ3) is 6.54. The fourth-order valence-corrected chi connectivity index (χ4v) is 3.17. The lowest BCUT2D eigenvalue weighted by Gasteiger charge is -2.33. The maximum Gasteiger partial charge on any atom is 0.315 e. The number of nitrogens with zero attached hydrogens (tertiary/aromatic N) is 6. The number of hydrogen-bond donors (Lipinski definition) is 2. The number of aromatic nitrogens is 4. The molecule has 2 N–H and O–H groups in total. The summed E-state index contributed by atoms with van der Waals surface area (Å²) in [6.45, 7) is 3.30. The summed E-state index contributed by atoms with van der Waals surface area (Å²) in [7, 11) is 0. The molecule has 1 aromatic heterocycles. The zero-order valence-electron chi connectivity index (χ0n) is 15.5. The van der Waals surface area contributed by atoms with E-state index in [1.165, 1.54) is 0 Å². The molecule has 2 heterocycles. The van der Waals surface area contributed by atoms with Gasteiger partial charge in [0.25, 0.3) is 0 Å². The molecule has 1 saturated heterocycles. The summed E-state index contributed by atoms with van der Waals surface area (Å²) in [4.78, 5) is 15.4. The van der Waals surface area contributed by atoms with Crippen LogP contribution in [0.3, 0.4) is 0 Å². The highest BCUT2D eigenvalue weighted by atomic mass is 35.5. The van der Waals surface area contributed by atoms with Crippen LogP contribution in [0.4, 0.5) is 4.79 Å². The van der Waals surface area contributed by atoms with Crippen molar-refractivity contribution in [3.63, 3.8) is 0 Å². The van der Waals surface area contributed by atoms with Gasteiger partial charge in [0.05, 0.1) is 35.4 Å². The first-order valence-corrected chi connectivity index (χ1v) is 9.72. The number of benzene rings is 1. The van der Waals surface area contributed by atoms with Gasteiger partial charge in [-0.15, -0.1) is 15.0 Å². The van der Waals surface area contributed by atoms with Crippen molar-refractivity contribution < 1.29 is 9.53 Å². The number of morpholine rings is 1. The summed E-state index contributed by atoms with van der Waals surface area (Å²) < 4.78 is 5.73. The topological polar surface area (TPSA) is 121 Å². The molecule has 1 aliphatic heterocycles. The highest BCUT2D eigenvalue weighted by molar-refractivity contribution is 6.42. The van der Waals surface area contributed by atoms with Crippen LogP contribution < -0.4 is 10.6 Å². The molecule has 12 heteroatoms. The summed E-state index contributed by atoms with van der Waals surface area (Å²) >= 11 is 12.0. The van der Waals surface area contributed by atoms with Gasteiger partial charge in [-0.05, 0) is 22.9 Å². The highest BCUT2D eigenvalue weighted by Gasteiger charge is 2.21. The molecule has 3 rings (SSSR count). The zero-order chi connectivity index (χ0) is 20.6. The molecule has 1 fully saturated rings. The Kier molecular flexibility index (Phi) is 7.60. The van der Waals surface area contributed by atoms with Crippen LogP contribution in [0.2, 0.25) is 10.0 Å². The summed E-state index contributed by atoms with van der Waals surface area (Å²) in [5, 5.41) is 26.5. The van der Waals surface area contributed by atoms with Crippen LogP contribution in [0.1, 0.15) is 11.4 Å². The molecule has 0 spiro atoms. The van der Waals surface area contributed by atoms with Crippen LogP contribution in [0.15, 0.2) is 18.2 Å². The van der Waals surface area contributed by atoms with E-state index >= 15 is 0 Å². The van der Waals surface area contributed by atoms with E-state index in [0.717, 1.165) is 23.4 Å². The van der Waals surface area contributed by atoms with Gasteiger partial charge in [-0.25, -0.2) is 4.79 Å². The lowest BCUT2D eigenvalue weighted by atomic mass is 10.2. The Balaban J connectivity index is 1.39. The van der Waals surface area contributed by atoms with E-state index in [2.05, 4.69) is 30.9 Å². The van der Waals surface area contributed by atoms with Crippen molar-refractivity contribution >= 4 is 29.2 Å². The Morgan fingerprint density at radius 1 is 1.34 bits per heavy atom. The molecule has 0 saturated carbocycles. The Hall–Kier alpha value is -2.45. The van der Waals surface area contributed by atoms with Crippen LogP contribution in [-0.2, 0) is 24.4 Å². The van der Waals surface area contributed by atoms with Crippen LogP contribution in [0.25, 0.3) is 0 Å². The fourth-order valence-electron chi connectivity index (χ4n) is 2.85. The van der Waals surface area contributed by atoms with E-state index in [0.29, 0.717) is 35.6 Å². The lowest BCUT2D eigenvalue weighted by Crippen LogP contribution is -2.48. The third-order valence-corrected chi connectivity index (χ3v) is 4.96. The second-order valence-corrected chi connectivity index (χ2v) is 7.25. The molecule has 29 heavy (non-hydrogen) atoms. The van der Waals surface area contributed by atoms with Crippen molar-refractivity contribution in [3.05, 3.63) is 39.6 Å². The maximum absolute atomic E-state index is 12.0. The largest absolute Gasteiger partial charge is 0.374 e. The van der Waals surface area contributed by atoms with Crippen molar-refractivity contribution in [1.29, 1.82) is 5.26 Å². The van der Waals surface area contributed by atoms with Crippen LogP contribution >= 0.6 is 23.2 Å². The summed E-state index contributed by atoms with van der Waals surface area (Å²) in [6, 6.07) is 7.16. The smallest absolute Gasteiger partial charge is 0.315 e. The average molecular weight is 439 g/mol. The van der Waals surface area contributed by atoms with Crippen molar-refractivity contribution in [1.82, 2.24) is 35.7 Å². The Morgan fingerprint density at radius 2 is 2.21 bits per heavy atom. The van der Waals surface area contributed by atoms with Crippen molar-refractivity contribution in [3.8, 4) is 6.07 Å². The number of ether oxygens (including phenoxy) is 1. The number of carbonyl (C=O) groups is 1. The summed E-state index contributed by atoms with van der Waals surface area (Å²) in [5.74, 6) is 0.331. The molecular formula is C17H20Cl2N8O2. The van der Waals surface area contributed by atoms with Gasteiger partial charge in [-0.3, -0.25) is 4.90 Å². The van der Waals surface area contributed by atoms with Gasteiger partial charge in [0.1, 0.15) is 6.54 Å². The van der Waals surface area contributed by atoms with Gasteiger partial charge in [-0.2, -0.15) is 5.26 Å². The van der Waals surface area contributed by atoms with Crippen molar-refractivity contribution in [2.75, 3.05) is 26.2 Å². The van der Waals surface area contributed by atoms with Crippen LogP contribution in [0.5, 0.6) is 0 Å². The first-order chi connectivity index (χ1) is 14.0. The average Bonchev–Trinajstić information content (AvgIpc) is 3.16. The molecule has 0 unspecified atom stereocenters. The number of nitrogens with one attached hydrogen (secondary N) is 2. The molecule has 0 radical (unpaired) electrons. The molecule has 154 valence electrons. The van der Waals surface area contributed by atoms with E-state index in [1.807, 2.05) is 18.2 Å². The zero-order valence-corrected chi connectivity index (χ0v) is 17.0. The van der Waals surface area contributed by atoms with E-state index in [9.17, 15) is 4.79 Å². The molecule has 1 aliphatic rings. The van der Waals surface area contributed by atoms with Gasteiger partial charge in [-0.1, -0.05) is 29.3 Å². The van der Waals surface area contributed by atoms with Crippen molar-refractivity contribution in [2.24, 2.45) is 0 Å².